The fraction of sp³-hybridized carbons (Fsp3) is 0.143. The van der Waals surface area contributed by atoms with Crippen molar-refractivity contribution < 1.29 is 8.78 Å². The molecule has 2 N–H and O–H groups in total. The number of hydrogen-bond donors (Lipinski definition) is 1. The molecule has 0 aliphatic rings. The third kappa shape index (κ3) is 3.53. The molecule has 2 rings (SSSR count). The predicted octanol–water partition coefficient (Wildman–Crippen LogP) is 4.62. The summed E-state index contributed by atoms with van der Waals surface area (Å²) in [6, 6.07) is 8.79. The van der Waals surface area contributed by atoms with Gasteiger partial charge in [0.05, 0.1) is 0 Å². The van der Waals surface area contributed by atoms with E-state index in [1.807, 2.05) is 6.07 Å². The van der Waals surface area contributed by atoms with Crippen LogP contribution in [0.25, 0.3) is 0 Å². The van der Waals surface area contributed by atoms with Crippen LogP contribution in [-0.4, -0.2) is 0 Å². The van der Waals surface area contributed by atoms with Gasteiger partial charge in [0.1, 0.15) is 0 Å². The summed E-state index contributed by atoms with van der Waals surface area (Å²) in [6.45, 7) is 0. The molecule has 0 spiro atoms. The molecule has 2 aromatic rings. The lowest BCUT2D eigenvalue weighted by Crippen LogP contribution is -2.14. The molecule has 0 heterocycles. The van der Waals surface area contributed by atoms with Gasteiger partial charge in [-0.3, -0.25) is 0 Å². The van der Waals surface area contributed by atoms with Crippen LogP contribution in [0.2, 0.25) is 5.02 Å². The Hall–Kier alpha value is -0.970. The van der Waals surface area contributed by atoms with Crippen LogP contribution in [0.5, 0.6) is 0 Å². The minimum atomic E-state index is -0.861. The highest BCUT2D eigenvalue weighted by Crippen LogP contribution is 2.27. The first-order valence-electron chi connectivity index (χ1n) is 5.62. The molecule has 0 bridgehead atoms. The fourth-order valence-electron chi connectivity index (χ4n) is 1.83. The van der Waals surface area contributed by atoms with Gasteiger partial charge < -0.3 is 5.73 Å². The monoisotopic (exact) mass is 345 g/mol. The third-order valence-electron chi connectivity index (χ3n) is 2.80. The average molecular weight is 347 g/mol. The van der Waals surface area contributed by atoms with E-state index in [4.69, 9.17) is 17.3 Å². The molecule has 0 radical (unpaired) electrons. The maximum absolute atomic E-state index is 13.1. The Morgan fingerprint density at radius 1 is 1.11 bits per heavy atom. The summed E-state index contributed by atoms with van der Waals surface area (Å²) in [5, 5.41) is 0.607. The molecule has 0 saturated heterocycles. The van der Waals surface area contributed by atoms with E-state index in [0.29, 0.717) is 17.0 Å². The van der Waals surface area contributed by atoms with Gasteiger partial charge in [-0.05, 0) is 41.8 Å². The Labute approximate surface area is 123 Å². The van der Waals surface area contributed by atoms with Crippen molar-refractivity contribution in [2.45, 2.75) is 12.5 Å². The molecule has 1 unspecified atom stereocenters. The van der Waals surface area contributed by atoms with Crippen molar-refractivity contribution in [2.24, 2.45) is 5.73 Å². The zero-order chi connectivity index (χ0) is 14.0. The third-order valence-corrected chi connectivity index (χ3v) is 3.72. The standard InChI is InChI=1S/C14H11BrClF2N/c15-11-7-9(16)2-3-10(11)14(19)6-8-1-4-12(17)13(18)5-8/h1-5,7,14H,6,19H2. The zero-order valence-electron chi connectivity index (χ0n) is 9.84. The second kappa shape index (κ2) is 5.99. The van der Waals surface area contributed by atoms with E-state index >= 15 is 0 Å². The number of nitrogens with two attached hydrogens (primary N) is 1. The van der Waals surface area contributed by atoms with Crippen LogP contribution in [0.15, 0.2) is 40.9 Å². The summed E-state index contributed by atoms with van der Waals surface area (Å²) in [5.41, 5.74) is 7.59. The number of rotatable bonds is 3. The molecule has 0 aromatic heterocycles. The quantitative estimate of drug-likeness (QED) is 0.862. The first-order chi connectivity index (χ1) is 8.97. The van der Waals surface area contributed by atoms with Crippen molar-refractivity contribution in [1.29, 1.82) is 0 Å². The minimum absolute atomic E-state index is 0.323. The largest absolute Gasteiger partial charge is 0.324 e. The highest BCUT2D eigenvalue weighted by Gasteiger charge is 2.12. The number of hydrogen-bond acceptors (Lipinski definition) is 1. The Balaban J connectivity index is 2.20. The van der Waals surface area contributed by atoms with Crippen LogP contribution in [0.4, 0.5) is 8.78 Å². The van der Waals surface area contributed by atoms with Gasteiger partial charge in [0, 0.05) is 15.5 Å². The Morgan fingerprint density at radius 3 is 2.47 bits per heavy atom. The maximum Gasteiger partial charge on any atom is 0.159 e. The van der Waals surface area contributed by atoms with Crippen LogP contribution in [0.3, 0.4) is 0 Å². The first kappa shape index (κ1) is 14.4. The number of benzene rings is 2. The number of halogens is 4. The van der Waals surface area contributed by atoms with Gasteiger partial charge in [-0.2, -0.15) is 0 Å². The Morgan fingerprint density at radius 2 is 1.84 bits per heavy atom. The van der Waals surface area contributed by atoms with Gasteiger partial charge >= 0.3 is 0 Å². The molecular formula is C14H11BrClF2N. The lowest BCUT2D eigenvalue weighted by molar-refractivity contribution is 0.506. The van der Waals surface area contributed by atoms with Crippen LogP contribution in [0.1, 0.15) is 17.2 Å². The topological polar surface area (TPSA) is 26.0 Å². The molecule has 5 heteroatoms. The van der Waals surface area contributed by atoms with Crippen molar-refractivity contribution in [3.8, 4) is 0 Å². The second-order valence-corrected chi connectivity index (χ2v) is 5.52. The van der Waals surface area contributed by atoms with Crippen LogP contribution in [0, 0.1) is 11.6 Å². The normalized spacial score (nSPS) is 12.5. The van der Waals surface area contributed by atoms with E-state index in [-0.39, 0.29) is 6.04 Å². The van der Waals surface area contributed by atoms with E-state index in [1.165, 1.54) is 12.1 Å². The van der Waals surface area contributed by atoms with Crippen molar-refractivity contribution in [3.63, 3.8) is 0 Å². The van der Waals surface area contributed by atoms with E-state index in [0.717, 1.165) is 16.1 Å². The first-order valence-corrected chi connectivity index (χ1v) is 6.79. The molecule has 0 aliphatic heterocycles. The second-order valence-electron chi connectivity index (χ2n) is 4.22. The molecule has 1 atom stereocenters. The van der Waals surface area contributed by atoms with E-state index in [9.17, 15) is 8.78 Å². The lowest BCUT2D eigenvalue weighted by Gasteiger charge is -2.14. The van der Waals surface area contributed by atoms with E-state index in [1.54, 1.807) is 12.1 Å². The van der Waals surface area contributed by atoms with Gasteiger partial charge in [0.15, 0.2) is 11.6 Å². The molecule has 2 aromatic carbocycles. The van der Waals surface area contributed by atoms with Gasteiger partial charge in [0.25, 0.3) is 0 Å². The van der Waals surface area contributed by atoms with Crippen molar-refractivity contribution in [2.75, 3.05) is 0 Å². The average Bonchev–Trinajstić information content (AvgIpc) is 2.33. The molecule has 0 aliphatic carbocycles. The molecule has 0 amide bonds. The lowest BCUT2D eigenvalue weighted by atomic mass is 9.99. The summed E-state index contributed by atoms with van der Waals surface area (Å²) in [7, 11) is 0. The van der Waals surface area contributed by atoms with E-state index in [2.05, 4.69) is 15.9 Å². The fourth-order valence-corrected chi connectivity index (χ4v) is 2.81. The Bertz CT molecular complexity index is 604. The van der Waals surface area contributed by atoms with Crippen LogP contribution < -0.4 is 5.73 Å². The van der Waals surface area contributed by atoms with Crippen LogP contribution >= 0.6 is 27.5 Å². The maximum atomic E-state index is 13.1. The zero-order valence-corrected chi connectivity index (χ0v) is 12.2. The molecular weight excluding hydrogens is 336 g/mol. The van der Waals surface area contributed by atoms with Gasteiger partial charge in [-0.1, -0.05) is 39.7 Å². The highest BCUT2D eigenvalue weighted by atomic mass is 79.9. The summed E-state index contributed by atoms with van der Waals surface area (Å²) in [5.74, 6) is -1.72. The van der Waals surface area contributed by atoms with Crippen molar-refractivity contribution >= 4 is 27.5 Å². The van der Waals surface area contributed by atoms with Gasteiger partial charge in [-0.15, -0.1) is 0 Å². The molecule has 1 nitrogen and oxygen atoms in total. The van der Waals surface area contributed by atoms with Gasteiger partial charge in [-0.25, -0.2) is 8.78 Å². The SMILES string of the molecule is NC(Cc1ccc(F)c(F)c1)c1ccc(Cl)cc1Br. The van der Waals surface area contributed by atoms with Crippen LogP contribution in [-0.2, 0) is 6.42 Å². The van der Waals surface area contributed by atoms with Gasteiger partial charge in [0.2, 0.25) is 0 Å². The molecule has 0 fully saturated rings. The van der Waals surface area contributed by atoms with Crippen molar-refractivity contribution in [1.82, 2.24) is 0 Å². The minimum Gasteiger partial charge on any atom is -0.324 e. The molecule has 19 heavy (non-hydrogen) atoms. The molecule has 0 saturated carbocycles. The smallest absolute Gasteiger partial charge is 0.159 e. The summed E-state index contributed by atoms with van der Waals surface area (Å²) < 4.78 is 26.8. The summed E-state index contributed by atoms with van der Waals surface area (Å²) in [4.78, 5) is 0. The summed E-state index contributed by atoms with van der Waals surface area (Å²) in [6.07, 6.45) is 0.414. The predicted molar refractivity (Wildman–Crippen MR) is 76.1 cm³/mol. The molecule has 100 valence electrons. The van der Waals surface area contributed by atoms with Crippen molar-refractivity contribution in [3.05, 3.63) is 68.7 Å². The Kier molecular flexibility index (Phi) is 4.55. The summed E-state index contributed by atoms with van der Waals surface area (Å²) >= 11 is 9.25. The van der Waals surface area contributed by atoms with E-state index < -0.39 is 11.6 Å². The highest BCUT2D eigenvalue weighted by molar-refractivity contribution is 9.10.